The Kier molecular flexibility index (Phi) is 5.78. The Morgan fingerprint density at radius 1 is 1.14 bits per heavy atom. The molecule has 2 aliphatic rings. The van der Waals surface area contributed by atoms with Gasteiger partial charge in [0.25, 0.3) is 0 Å². The molecule has 3 aromatic rings. The van der Waals surface area contributed by atoms with Crippen molar-refractivity contribution in [2.75, 3.05) is 30.9 Å². The highest BCUT2D eigenvalue weighted by Crippen LogP contribution is 2.40. The first kappa shape index (κ1) is 23.7. The van der Waals surface area contributed by atoms with Crippen molar-refractivity contribution < 1.29 is 22.6 Å². The second kappa shape index (κ2) is 8.55. The molecule has 5 rings (SSSR count). The topological polar surface area (TPSA) is 82.3 Å². The van der Waals surface area contributed by atoms with Gasteiger partial charge in [0.2, 0.25) is 0 Å². The van der Waals surface area contributed by atoms with E-state index >= 15 is 0 Å². The molecule has 2 aromatic carbocycles. The van der Waals surface area contributed by atoms with Crippen molar-refractivity contribution in [3.63, 3.8) is 0 Å². The summed E-state index contributed by atoms with van der Waals surface area (Å²) in [5.74, 6) is 1.98. The maximum Gasteiger partial charge on any atom is 0.416 e. The highest BCUT2D eigenvalue weighted by Gasteiger charge is 2.35. The molecule has 1 saturated heterocycles. The van der Waals surface area contributed by atoms with Gasteiger partial charge in [-0.25, -0.2) is 9.97 Å². The lowest BCUT2D eigenvalue weighted by atomic mass is 9.90. The molecule has 0 saturated carbocycles. The minimum absolute atomic E-state index is 0.00322. The number of aromatic nitrogens is 2. The molecule has 1 fully saturated rings. The van der Waals surface area contributed by atoms with E-state index in [2.05, 4.69) is 17.2 Å². The van der Waals surface area contributed by atoms with Crippen LogP contribution in [0.4, 0.5) is 24.7 Å². The van der Waals surface area contributed by atoms with Gasteiger partial charge in [-0.3, -0.25) is 0 Å². The van der Waals surface area contributed by atoms with E-state index in [4.69, 9.17) is 20.2 Å². The summed E-state index contributed by atoms with van der Waals surface area (Å²) < 4.78 is 51.7. The van der Waals surface area contributed by atoms with Crippen molar-refractivity contribution in [3.8, 4) is 5.75 Å². The molecular weight excluding hydrogens is 457 g/mol. The molecule has 3 N–H and O–H groups in total. The zero-order valence-electron chi connectivity index (χ0n) is 20.1. The van der Waals surface area contributed by atoms with Crippen LogP contribution in [0.3, 0.4) is 0 Å². The Morgan fingerprint density at radius 2 is 1.89 bits per heavy atom. The normalized spacial score (nSPS) is 17.7. The largest absolute Gasteiger partial charge is 0.493 e. The number of aryl methyl sites for hydroxylation is 2. The number of anilines is 2. The van der Waals surface area contributed by atoms with E-state index in [0.29, 0.717) is 37.0 Å². The summed E-state index contributed by atoms with van der Waals surface area (Å²) in [4.78, 5) is 9.34. The van der Waals surface area contributed by atoms with Gasteiger partial charge in [-0.1, -0.05) is 6.92 Å². The van der Waals surface area contributed by atoms with Crippen molar-refractivity contribution >= 4 is 22.4 Å². The van der Waals surface area contributed by atoms with Crippen LogP contribution in [0.5, 0.6) is 5.75 Å². The van der Waals surface area contributed by atoms with E-state index in [1.54, 1.807) is 13.0 Å². The Hall–Kier alpha value is -3.07. The van der Waals surface area contributed by atoms with E-state index in [9.17, 15) is 13.2 Å². The number of nitrogens with two attached hydrogens (primary N) is 1. The van der Waals surface area contributed by atoms with Gasteiger partial charge in [0, 0.05) is 16.5 Å². The molecule has 9 heteroatoms. The van der Waals surface area contributed by atoms with Crippen LogP contribution in [0.2, 0.25) is 0 Å². The molecule has 2 heterocycles. The quantitative estimate of drug-likeness (QED) is 0.441. The third-order valence-corrected chi connectivity index (χ3v) is 6.77. The molecule has 186 valence electrons. The van der Waals surface area contributed by atoms with Crippen LogP contribution in [-0.2, 0) is 23.8 Å². The fourth-order valence-electron chi connectivity index (χ4n) is 4.85. The van der Waals surface area contributed by atoms with Crippen LogP contribution < -0.4 is 15.8 Å². The van der Waals surface area contributed by atoms with Crippen molar-refractivity contribution in [2.45, 2.75) is 52.3 Å². The highest BCUT2D eigenvalue weighted by atomic mass is 19.4. The number of hydrogen-bond acceptors (Lipinski definition) is 6. The zero-order chi connectivity index (χ0) is 25.0. The molecule has 0 amide bonds. The van der Waals surface area contributed by atoms with Crippen LogP contribution in [0.15, 0.2) is 24.3 Å². The van der Waals surface area contributed by atoms with Crippen LogP contribution in [0.25, 0.3) is 10.9 Å². The number of nitrogen functional groups attached to an aromatic ring is 1. The molecule has 1 aliphatic heterocycles. The average molecular weight is 487 g/mol. The Labute approximate surface area is 202 Å². The number of nitrogens with zero attached hydrogens (tertiary/aromatic N) is 2. The van der Waals surface area contributed by atoms with E-state index in [0.717, 1.165) is 53.6 Å². The lowest BCUT2D eigenvalue weighted by Gasteiger charge is -2.37. The van der Waals surface area contributed by atoms with Gasteiger partial charge in [-0.15, -0.1) is 0 Å². The molecular formula is C26H29F3N4O2. The van der Waals surface area contributed by atoms with E-state index < -0.39 is 17.8 Å². The van der Waals surface area contributed by atoms with Gasteiger partial charge in [0.15, 0.2) is 0 Å². The van der Waals surface area contributed by atoms with Gasteiger partial charge in [-0.05, 0) is 74.1 Å². The van der Waals surface area contributed by atoms with Crippen molar-refractivity contribution in [1.29, 1.82) is 0 Å². The highest BCUT2D eigenvalue weighted by molar-refractivity contribution is 5.94. The second-order valence-corrected chi connectivity index (χ2v) is 10.0. The van der Waals surface area contributed by atoms with Crippen LogP contribution in [-0.4, -0.2) is 29.8 Å². The summed E-state index contributed by atoms with van der Waals surface area (Å²) in [6.45, 7) is 7.66. The van der Waals surface area contributed by atoms with Crippen LogP contribution >= 0.6 is 0 Å². The predicted molar refractivity (Wildman–Crippen MR) is 129 cm³/mol. The Balaban J connectivity index is 1.53. The van der Waals surface area contributed by atoms with E-state index in [-0.39, 0.29) is 11.1 Å². The third kappa shape index (κ3) is 4.61. The standard InChI is InChI=1S/C26H29F3N4O2/c1-14(16-7-17(26(27,28)29)9-18(30)8-16)31-24-21-10-22(35-13-25(3)11-34-12-25)19-5-4-6-20(19)23(21)32-15(2)33-24/h7-10,14H,4-6,11-13,30H2,1-3H3,(H,31,32,33). The minimum atomic E-state index is -4.48. The lowest BCUT2D eigenvalue weighted by Crippen LogP contribution is -2.44. The fourth-order valence-corrected chi connectivity index (χ4v) is 4.85. The van der Waals surface area contributed by atoms with Crippen LogP contribution in [0.1, 0.15) is 54.4 Å². The fraction of sp³-hybridized carbons (Fsp3) is 0.462. The minimum Gasteiger partial charge on any atom is -0.493 e. The first-order valence-corrected chi connectivity index (χ1v) is 11.8. The summed E-state index contributed by atoms with van der Waals surface area (Å²) >= 11 is 0. The number of nitrogens with one attached hydrogen (secondary N) is 1. The average Bonchev–Trinajstić information content (AvgIpc) is 3.26. The summed E-state index contributed by atoms with van der Waals surface area (Å²) in [5, 5.41) is 4.11. The van der Waals surface area contributed by atoms with E-state index in [1.165, 1.54) is 5.56 Å². The SMILES string of the molecule is Cc1nc(NC(C)c2cc(N)cc(C(F)(F)F)c2)c2cc(OCC3(C)COC3)c3c(c2n1)CCC3. The van der Waals surface area contributed by atoms with Crippen molar-refractivity contribution in [3.05, 3.63) is 52.3 Å². The summed E-state index contributed by atoms with van der Waals surface area (Å²) in [5.41, 5.74) is 8.73. The third-order valence-electron chi connectivity index (χ3n) is 6.77. The van der Waals surface area contributed by atoms with E-state index in [1.807, 2.05) is 13.0 Å². The summed E-state index contributed by atoms with van der Waals surface area (Å²) in [7, 11) is 0. The zero-order valence-corrected chi connectivity index (χ0v) is 20.1. The first-order chi connectivity index (χ1) is 16.5. The van der Waals surface area contributed by atoms with Gasteiger partial charge in [0.1, 0.15) is 17.4 Å². The lowest BCUT2D eigenvalue weighted by molar-refractivity contribution is -0.137. The number of alkyl halides is 3. The first-order valence-electron chi connectivity index (χ1n) is 11.8. The van der Waals surface area contributed by atoms with Gasteiger partial charge in [-0.2, -0.15) is 13.2 Å². The molecule has 0 bridgehead atoms. The molecule has 6 nitrogen and oxygen atoms in total. The number of hydrogen-bond donors (Lipinski definition) is 2. The Bertz CT molecular complexity index is 1290. The molecule has 35 heavy (non-hydrogen) atoms. The van der Waals surface area contributed by atoms with Crippen molar-refractivity contribution in [1.82, 2.24) is 9.97 Å². The van der Waals surface area contributed by atoms with Crippen LogP contribution in [0, 0.1) is 12.3 Å². The number of fused-ring (bicyclic) bond motifs is 3. The second-order valence-electron chi connectivity index (χ2n) is 10.0. The van der Waals surface area contributed by atoms with Crippen molar-refractivity contribution in [2.24, 2.45) is 5.41 Å². The summed E-state index contributed by atoms with van der Waals surface area (Å²) in [6.07, 6.45) is -1.62. The maximum atomic E-state index is 13.3. The molecule has 0 spiro atoms. The number of benzene rings is 2. The molecule has 1 unspecified atom stereocenters. The number of ether oxygens (including phenoxy) is 2. The van der Waals surface area contributed by atoms with Gasteiger partial charge < -0.3 is 20.5 Å². The maximum absolute atomic E-state index is 13.3. The molecule has 1 atom stereocenters. The molecule has 0 radical (unpaired) electrons. The van der Waals surface area contributed by atoms with Gasteiger partial charge in [0.05, 0.1) is 36.9 Å². The monoisotopic (exact) mass is 486 g/mol. The number of halogens is 3. The smallest absolute Gasteiger partial charge is 0.416 e. The molecule has 1 aromatic heterocycles. The van der Waals surface area contributed by atoms with Gasteiger partial charge >= 0.3 is 6.18 Å². The number of rotatable bonds is 6. The predicted octanol–water partition coefficient (Wildman–Crippen LogP) is 5.62. The summed E-state index contributed by atoms with van der Waals surface area (Å²) in [6, 6.07) is 5.12. The molecule has 1 aliphatic carbocycles. The Morgan fingerprint density at radius 3 is 2.57 bits per heavy atom.